The van der Waals surface area contributed by atoms with Crippen LogP contribution in [0.1, 0.15) is 61.2 Å². The first-order valence-electron chi connectivity index (χ1n) is 15.7. The Balaban J connectivity index is 1.23. The number of ether oxygens (including phenoxy) is 1. The number of carbonyl (C=O) groups excluding carboxylic acids is 1. The van der Waals surface area contributed by atoms with Crippen molar-refractivity contribution in [2.45, 2.75) is 64.1 Å². The number of aliphatic carboxylic acids is 1. The Bertz CT molecular complexity index is 1860. The molecule has 3 heterocycles. The van der Waals surface area contributed by atoms with Gasteiger partial charge >= 0.3 is 11.9 Å². The van der Waals surface area contributed by atoms with E-state index in [0.29, 0.717) is 29.6 Å². The van der Waals surface area contributed by atoms with Gasteiger partial charge in [0.25, 0.3) is 0 Å². The standard InChI is InChI=1S/C35H36ClN7O4/c1-3-4-13-30-37-33(36)29(21-47-35(46)32-26(18-19-31(44)45)25-10-7-8-12-28(25)42(32)2)43(30)20-22-14-16-23(17-15-22)24-9-5-6-11-27(24)34-38-40-41-39-34/h5-12,14-17,26,32H,3-4,13,18-21H2,1-2H3,(H,44,45)(H,38,39,40,41)/t26-,32?/m0/s1. The summed E-state index contributed by atoms with van der Waals surface area (Å²) in [6, 6.07) is 23.2. The average molecular weight is 654 g/mol. The number of nitrogens with one attached hydrogen (secondary N) is 1. The molecule has 2 atom stereocenters. The highest BCUT2D eigenvalue weighted by atomic mass is 35.5. The smallest absolute Gasteiger partial charge is 0.329 e. The molecule has 3 aromatic carbocycles. The Morgan fingerprint density at radius 3 is 2.49 bits per heavy atom. The number of esters is 1. The molecule has 0 spiro atoms. The number of hydrogen-bond acceptors (Lipinski definition) is 8. The fourth-order valence-corrected chi connectivity index (χ4v) is 6.64. The number of carboxylic acid groups (broad SMARTS) is 1. The predicted molar refractivity (Wildman–Crippen MR) is 178 cm³/mol. The van der Waals surface area contributed by atoms with Gasteiger partial charge in [0.1, 0.15) is 18.5 Å². The second-order valence-corrected chi connectivity index (χ2v) is 12.1. The summed E-state index contributed by atoms with van der Waals surface area (Å²) in [4.78, 5) is 31.7. The summed E-state index contributed by atoms with van der Waals surface area (Å²) in [5, 5.41) is 24.2. The van der Waals surface area contributed by atoms with Gasteiger partial charge in [0.15, 0.2) is 5.15 Å². The molecule has 12 heteroatoms. The number of halogens is 1. The molecule has 2 N–H and O–H groups in total. The summed E-state index contributed by atoms with van der Waals surface area (Å²) in [5.74, 6) is -0.271. The number of carbonyl (C=O) groups is 2. The van der Waals surface area contributed by atoms with Crippen LogP contribution in [0.25, 0.3) is 22.5 Å². The van der Waals surface area contributed by atoms with Crippen LogP contribution in [0.5, 0.6) is 0 Å². The van der Waals surface area contributed by atoms with E-state index in [-0.39, 0.29) is 18.9 Å². The van der Waals surface area contributed by atoms with Crippen LogP contribution in [-0.4, -0.2) is 60.3 Å². The number of likely N-dealkylation sites (N-methyl/N-ethyl adjacent to an activating group) is 1. The molecular formula is C35H36ClN7O4. The van der Waals surface area contributed by atoms with Gasteiger partial charge in [0.05, 0.1) is 5.69 Å². The lowest BCUT2D eigenvalue weighted by atomic mass is 9.90. The minimum atomic E-state index is -0.899. The summed E-state index contributed by atoms with van der Waals surface area (Å²) in [6.45, 7) is 2.56. The maximum atomic E-state index is 13.7. The fourth-order valence-electron chi connectivity index (χ4n) is 6.38. The maximum Gasteiger partial charge on any atom is 0.329 e. The number of para-hydroxylation sites is 1. The van der Waals surface area contributed by atoms with E-state index in [2.05, 4.69) is 56.8 Å². The Morgan fingerprint density at radius 2 is 1.77 bits per heavy atom. The Kier molecular flexibility index (Phi) is 9.63. The van der Waals surface area contributed by atoms with E-state index >= 15 is 0 Å². The Labute approximate surface area is 277 Å². The molecule has 0 aliphatic carbocycles. The molecule has 47 heavy (non-hydrogen) atoms. The molecule has 242 valence electrons. The topological polar surface area (TPSA) is 139 Å². The summed E-state index contributed by atoms with van der Waals surface area (Å²) < 4.78 is 8.00. The van der Waals surface area contributed by atoms with Gasteiger partial charge in [-0.2, -0.15) is 5.21 Å². The number of aromatic nitrogens is 6. The van der Waals surface area contributed by atoms with Gasteiger partial charge in [-0.05, 0) is 46.4 Å². The van der Waals surface area contributed by atoms with Crippen molar-refractivity contribution in [1.29, 1.82) is 0 Å². The quantitative estimate of drug-likeness (QED) is 0.140. The molecule has 1 aliphatic rings. The van der Waals surface area contributed by atoms with Crippen molar-refractivity contribution >= 4 is 29.2 Å². The highest BCUT2D eigenvalue weighted by Crippen LogP contribution is 2.43. The summed E-state index contributed by atoms with van der Waals surface area (Å²) >= 11 is 6.71. The van der Waals surface area contributed by atoms with Gasteiger partial charge in [-0.25, -0.2) is 9.78 Å². The van der Waals surface area contributed by atoms with Crippen LogP contribution in [-0.2, 0) is 33.9 Å². The molecule has 5 aromatic rings. The minimum Gasteiger partial charge on any atom is -0.481 e. The number of H-pyrrole nitrogens is 1. The zero-order valence-corrected chi connectivity index (χ0v) is 27.0. The Morgan fingerprint density at radius 1 is 1.02 bits per heavy atom. The number of carboxylic acids is 1. The second-order valence-electron chi connectivity index (χ2n) is 11.7. The lowest BCUT2D eigenvalue weighted by Crippen LogP contribution is -2.39. The predicted octanol–water partition coefficient (Wildman–Crippen LogP) is 6.28. The van der Waals surface area contributed by atoms with Crippen molar-refractivity contribution in [1.82, 2.24) is 30.2 Å². The molecule has 0 fully saturated rings. The molecule has 0 bridgehead atoms. The van der Waals surface area contributed by atoms with Crippen LogP contribution in [0.15, 0.2) is 72.8 Å². The minimum absolute atomic E-state index is 0.0442. The normalized spacial score (nSPS) is 15.5. The maximum absolute atomic E-state index is 13.7. The van der Waals surface area contributed by atoms with Crippen molar-refractivity contribution in [2.24, 2.45) is 0 Å². The first-order chi connectivity index (χ1) is 22.9. The van der Waals surface area contributed by atoms with Crippen LogP contribution >= 0.6 is 11.6 Å². The number of imidazole rings is 1. The number of tetrazole rings is 1. The molecule has 0 saturated carbocycles. The van der Waals surface area contributed by atoms with E-state index in [9.17, 15) is 14.7 Å². The van der Waals surface area contributed by atoms with Crippen LogP contribution in [0, 0.1) is 0 Å². The second kappa shape index (κ2) is 14.2. The third kappa shape index (κ3) is 6.76. The first-order valence-corrected chi connectivity index (χ1v) is 16.1. The number of rotatable bonds is 13. The molecule has 11 nitrogen and oxygen atoms in total. The summed E-state index contributed by atoms with van der Waals surface area (Å²) in [6.07, 6.45) is 2.95. The van der Waals surface area contributed by atoms with E-state index in [1.807, 2.05) is 65.0 Å². The van der Waals surface area contributed by atoms with Crippen LogP contribution < -0.4 is 4.90 Å². The average Bonchev–Trinajstić information content (AvgIpc) is 3.79. The molecule has 6 rings (SSSR count). The zero-order chi connectivity index (χ0) is 32.9. The number of anilines is 1. The molecule has 0 amide bonds. The molecule has 1 unspecified atom stereocenters. The third-order valence-corrected chi connectivity index (χ3v) is 9.05. The monoisotopic (exact) mass is 653 g/mol. The lowest BCUT2D eigenvalue weighted by Gasteiger charge is -2.25. The number of fused-ring (bicyclic) bond motifs is 1. The van der Waals surface area contributed by atoms with Gasteiger partial charge < -0.3 is 19.3 Å². The highest BCUT2D eigenvalue weighted by molar-refractivity contribution is 6.30. The molecule has 2 aromatic heterocycles. The largest absolute Gasteiger partial charge is 0.481 e. The number of aryl methyl sites for hydroxylation is 1. The van der Waals surface area contributed by atoms with E-state index in [1.165, 1.54) is 0 Å². The van der Waals surface area contributed by atoms with Gasteiger partial charge in [-0.15, -0.1) is 10.2 Å². The van der Waals surface area contributed by atoms with Crippen molar-refractivity contribution in [3.05, 3.63) is 101 Å². The number of aromatic amines is 1. The highest BCUT2D eigenvalue weighted by Gasteiger charge is 2.42. The third-order valence-electron chi connectivity index (χ3n) is 8.75. The van der Waals surface area contributed by atoms with Gasteiger partial charge in [-0.3, -0.25) is 4.79 Å². The summed E-state index contributed by atoms with van der Waals surface area (Å²) in [5.41, 5.74) is 6.38. The van der Waals surface area contributed by atoms with Gasteiger partial charge in [0.2, 0.25) is 5.82 Å². The van der Waals surface area contributed by atoms with E-state index in [4.69, 9.17) is 16.3 Å². The number of unbranched alkanes of at least 4 members (excludes halogenated alkanes) is 1. The molecule has 0 saturated heterocycles. The molecule has 1 aliphatic heterocycles. The zero-order valence-electron chi connectivity index (χ0n) is 26.3. The van der Waals surface area contributed by atoms with Gasteiger partial charge in [-0.1, -0.05) is 91.7 Å². The van der Waals surface area contributed by atoms with E-state index in [0.717, 1.165) is 58.6 Å². The summed E-state index contributed by atoms with van der Waals surface area (Å²) in [7, 11) is 1.84. The fraction of sp³-hybridized carbons (Fsp3) is 0.314. The SMILES string of the molecule is CCCCc1nc(Cl)c(COC(=O)C2[C@@H](CCC(=O)O)c3ccccc3N2C)n1Cc1ccc(-c2ccccc2-c2nn[nH]n2)cc1. The number of benzene rings is 3. The van der Waals surface area contributed by atoms with Crippen LogP contribution in [0.2, 0.25) is 5.15 Å². The van der Waals surface area contributed by atoms with E-state index in [1.54, 1.807) is 0 Å². The van der Waals surface area contributed by atoms with Crippen molar-refractivity contribution in [2.75, 3.05) is 11.9 Å². The Hall–Kier alpha value is -5.03. The molecule has 0 radical (unpaired) electrons. The van der Waals surface area contributed by atoms with Crippen molar-refractivity contribution in [3.8, 4) is 22.5 Å². The van der Waals surface area contributed by atoms with E-state index < -0.39 is 18.0 Å². The number of nitrogens with zero attached hydrogens (tertiary/aromatic N) is 6. The molecular weight excluding hydrogens is 618 g/mol. The van der Waals surface area contributed by atoms with Gasteiger partial charge in [0, 0.05) is 43.6 Å². The van der Waals surface area contributed by atoms with Crippen molar-refractivity contribution < 1.29 is 19.4 Å². The first kappa shape index (κ1) is 31.9. The van der Waals surface area contributed by atoms with Crippen molar-refractivity contribution in [3.63, 3.8) is 0 Å². The lowest BCUT2D eigenvalue weighted by molar-refractivity contribution is -0.147. The number of hydrogen-bond donors (Lipinski definition) is 2. The van der Waals surface area contributed by atoms with Crippen LogP contribution in [0.3, 0.4) is 0 Å². The van der Waals surface area contributed by atoms with Crippen LogP contribution in [0.4, 0.5) is 5.69 Å².